The molecule has 0 spiro atoms. The first-order valence-electron chi connectivity index (χ1n) is 14.7. The molecule has 0 N–H and O–H groups in total. The summed E-state index contributed by atoms with van der Waals surface area (Å²) in [6.07, 6.45) is 6.92. The predicted octanol–water partition coefficient (Wildman–Crippen LogP) is 9.94. The molecule has 0 bridgehead atoms. The van der Waals surface area contributed by atoms with Crippen LogP contribution in [-0.2, 0) is 7.05 Å². The molecule has 0 saturated heterocycles. The molecule has 2 aromatic heterocycles. The van der Waals surface area contributed by atoms with Crippen molar-refractivity contribution in [3.05, 3.63) is 125 Å². The molecule has 4 aromatic carbocycles. The van der Waals surface area contributed by atoms with Crippen LogP contribution in [0.25, 0.3) is 44.3 Å². The summed E-state index contributed by atoms with van der Waals surface area (Å²) in [5.41, 5.74) is 10.1. The molecule has 2 heterocycles. The number of furan rings is 1. The summed E-state index contributed by atoms with van der Waals surface area (Å²) in [5, 5.41) is 1.95. The van der Waals surface area contributed by atoms with Gasteiger partial charge in [-0.2, -0.15) is 0 Å². The fourth-order valence-corrected chi connectivity index (χ4v) is 6.98. The second-order valence-electron chi connectivity index (χ2n) is 11.8. The van der Waals surface area contributed by atoms with Gasteiger partial charge in [0.2, 0.25) is 5.69 Å². The van der Waals surface area contributed by atoms with Crippen molar-refractivity contribution in [3.63, 3.8) is 0 Å². The summed E-state index contributed by atoms with van der Waals surface area (Å²) in [4.78, 5) is 0. The number of fused-ring (bicyclic) bond motifs is 3. The molecular weight excluding hydrogens is 505 g/mol. The van der Waals surface area contributed by atoms with Crippen LogP contribution >= 0.6 is 0 Å². The van der Waals surface area contributed by atoms with E-state index >= 15 is 4.39 Å². The summed E-state index contributed by atoms with van der Waals surface area (Å²) < 4.78 is 24.3. The lowest BCUT2D eigenvalue weighted by Gasteiger charge is -2.29. The van der Waals surface area contributed by atoms with Crippen molar-refractivity contribution in [2.45, 2.75) is 51.4 Å². The Labute approximate surface area is 241 Å². The van der Waals surface area contributed by atoms with Crippen LogP contribution in [0.15, 0.2) is 102 Å². The zero-order valence-electron chi connectivity index (χ0n) is 24.0. The Morgan fingerprint density at radius 3 is 1.93 bits per heavy atom. The van der Waals surface area contributed by atoms with Crippen molar-refractivity contribution < 1.29 is 13.4 Å². The number of aryl methyl sites for hydroxylation is 3. The monoisotopic (exact) mass is 540 g/mol. The number of benzene rings is 4. The van der Waals surface area contributed by atoms with Gasteiger partial charge in [-0.25, -0.2) is 8.96 Å². The number of halogens is 1. The maximum Gasteiger partial charge on any atom is 0.216 e. The normalized spacial score (nSPS) is 17.4. The van der Waals surface area contributed by atoms with Gasteiger partial charge >= 0.3 is 0 Å². The van der Waals surface area contributed by atoms with E-state index in [4.69, 9.17) is 4.42 Å². The van der Waals surface area contributed by atoms with E-state index in [-0.39, 0.29) is 5.82 Å². The number of aromatic nitrogens is 1. The van der Waals surface area contributed by atoms with Crippen LogP contribution in [0.1, 0.15) is 59.8 Å². The van der Waals surface area contributed by atoms with Crippen molar-refractivity contribution in [1.82, 2.24) is 0 Å². The van der Waals surface area contributed by atoms with E-state index in [1.807, 2.05) is 6.07 Å². The second-order valence-corrected chi connectivity index (χ2v) is 11.8. The van der Waals surface area contributed by atoms with Crippen LogP contribution in [0.4, 0.5) is 4.39 Å². The zero-order valence-corrected chi connectivity index (χ0v) is 24.0. The Kier molecular flexibility index (Phi) is 6.46. The fourth-order valence-electron chi connectivity index (χ4n) is 6.98. The van der Waals surface area contributed by atoms with Crippen molar-refractivity contribution in [3.8, 4) is 22.4 Å². The van der Waals surface area contributed by atoms with E-state index in [1.165, 1.54) is 42.4 Å². The largest absolute Gasteiger partial charge is 0.454 e. The number of hydrogen-bond donors (Lipinski definition) is 0. The number of pyridine rings is 1. The Balaban J connectivity index is 1.25. The Morgan fingerprint density at radius 1 is 0.659 bits per heavy atom. The van der Waals surface area contributed by atoms with Crippen LogP contribution in [0.2, 0.25) is 0 Å². The third kappa shape index (κ3) is 4.54. The van der Waals surface area contributed by atoms with E-state index in [0.29, 0.717) is 23.0 Å². The summed E-state index contributed by atoms with van der Waals surface area (Å²) in [5.74, 6) is 0.950. The first-order valence-corrected chi connectivity index (χ1v) is 14.7. The Bertz CT molecular complexity index is 1880. The molecule has 0 amide bonds. The average molecular weight is 541 g/mol. The molecule has 7 rings (SSSR count). The lowest BCUT2D eigenvalue weighted by molar-refractivity contribution is -0.660. The minimum Gasteiger partial charge on any atom is -0.454 e. The van der Waals surface area contributed by atoms with Gasteiger partial charge in [0.05, 0.1) is 11.1 Å². The molecule has 3 heteroatoms. The average Bonchev–Trinajstić information content (AvgIpc) is 3.37. The molecule has 0 unspecified atom stereocenters. The molecular formula is C38H35FNO+. The predicted molar refractivity (Wildman–Crippen MR) is 166 cm³/mol. The molecule has 204 valence electrons. The van der Waals surface area contributed by atoms with Crippen molar-refractivity contribution >= 4 is 21.9 Å². The highest BCUT2D eigenvalue weighted by atomic mass is 19.1. The highest BCUT2D eigenvalue weighted by Crippen LogP contribution is 2.43. The lowest BCUT2D eigenvalue weighted by atomic mass is 9.76. The third-order valence-corrected chi connectivity index (χ3v) is 9.17. The summed E-state index contributed by atoms with van der Waals surface area (Å²) >= 11 is 0. The molecule has 6 aromatic rings. The highest BCUT2D eigenvalue weighted by molar-refractivity contribution is 6.13. The van der Waals surface area contributed by atoms with Crippen LogP contribution in [0, 0.1) is 19.7 Å². The van der Waals surface area contributed by atoms with Gasteiger partial charge in [0.25, 0.3) is 0 Å². The van der Waals surface area contributed by atoms with Crippen LogP contribution in [-0.4, -0.2) is 0 Å². The van der Waals surface area contributed by atoms with Gasteiger partial charge < -0.3 is 4.42 Å². The molecule has 41 heavy (non-hydrogen) atoms. The van der Waals surface area contributed by atoms with Gasteiger partial charge in [-0.05, 0) is 91.8 Å². The van der Waals surface area contributed by atoms with Crippen LogP contribution < -0.4 is 4.57 Å². The van der Waals surface area contributed by atoms with Gasteiger partial charge in [-0.3, -0.25) is 0 Å². The number of hydrogen-bond acceptors (Lipinski definition) is 1. The number of rotatable bonds is 4. The quantitative estimate of drug-likeness (QED) is 0.203. The molecule has 2 nitrogen and oxygen atoms in total. The minimum atomic E-state index is -0.258. The Morgan fingerprint density at radius 2 is 1.27 bits per heavy atom. The van der Waals surface area contributed by atoms with E-state index in [2.05, 4.69) is 111 Å². The van der Waals surface area contributed by atoms with Gasteiger partial charge in [-0.1, -0.05) is 66.7 Å². The molecule has 1 fully saturated rings. The fraction of sp³-hybridized carbons (Fsp3) is 0.237. The first-order chi connectivity index (χ1) is 20.0. The van der Waals surface area contributed by atoms with Crippen molar-refractivity contribution in [2.24, 2.45) is 7.05 Å². The van der Waals surface area contributed by atoms with Crippen molar-refractivity contribution in [1.29, 1.82) is 0 Å². The standard InChI is InChI=1S/C38H35FNO/c1-24-9-22-34(40(3)23-24)35-25(2)10-19-31-32-20-21-33(39)36(38(32)41-37(31)35)30-17-15-29(16-18-30)28-13-11-27(12-14-28)26-7-5-4-6-8-26/h4-10,15-23,27-28H,11-14H2,1-3H3/q+1. The maximum absolute atomic E-state index is 15.5. The van der Waals surface area contributed by atoms with E-state index < -0.39 is 0 Å². The summed E-state index contributed by atoms with van der Waals surface area (Å²) in [7, 11) is 2.06. The van der Waals surface area contributed by atoms with Gasteiger partial charge in [-0.15, -0.1) is 0 Å². The topological polar surface area (TPSA) is 17.0 Å². The van der Waals surface area contributed by atoms with Crippen LogP contribution in [0.5, 0.6) is 0 Å². The lowest BCUT2D eigenvalue weighted by Crippen LogP contribution is -2.31. The molecule has 0 aliphatic heterocycles. The third-order valence-electron chi connectivity index (χ3n) is 9.17. The van der Waals surface area contributed by atoms with Gasteiger partial charge in [0.15, 0.2) is 6.20 Å². The molecule has 0 atom stereocenters. The second kappa shape index (κ2) is 10.3. The Hall–Kier alpha value is -4.24. The van der Waals surface area contributed by atoms with Gasteiger partial charge in [0, 0.05) is 22.4 Å². The first kappa shape index (κ1) is 25.7. The van der Waals surface area contributed by atoms with E-state index in [0.717, 1.165) is 38.7 Å². The van der Waals surface area contributed by atoms with E-state index in [9.17, 15) is 0 Å². The molecule has 1 aliphatic rings. The van der Waals surface area contributed by atoms with E-state index in [1.54, 1.807) is 6.07 Å². The van der Waals surface area contributed by atoms with Crippen molar-refractivity contribution in [2.75, 3.05) is 0 Å². The maximum atomic E-state index is 15.5. The highest BCUT2D eigenvalue weighted by Gasteiger charge is 2.25. The van der Waals surface area contributed by atoms with Crippen LogP contribution in [0.3, 0.4) is 0 Å². The molecule has 1 saturated carbocycles. The molecule has 1 aliphatic carbocycles. The number of nitrogens with zero attached hydrogens (tertiary/aromatic N) is 1. The van der Waals surface area contributed by atoms with Gasteiger partial charge in [0.1, 0.15) is 24.0 Å². The smallest absolute Gasteiger partial charge is 0.216 e. The summed E-state index contributed by atoms with van der Waals surface area (Å²) in [6, 6.07) is 31.4. The minimum absolute atomic E-state index is 0.258. The molecule has 0 radical (unpaired) electrons. The SMILES string of the molecule is Cc1ccc(-c2c(C)ccc3c2oc2c(-c4ccc(C5CCC(c6ccccc6)CC5)cc4)c(F)ccc23)[n+](C)c1. The summed E-state index contributed by atoms with van der Waals surface area (Å²) in [6.45, 7) is 4.20. The zero-order chi connectivity index (χ0) is 28.1.